The smallest absolute Gasteiger partial charge is 0.253 e. The first-order chi connectivity index (χ1) is 13.8. The van der Waals surface area contributed by atoms with Crippen LogP contribution in [0.25, 0.3) is 0 Å². The molecule has 0 bridgehead atoms. The van der Waals surface area contributed by atoms with Crippen LogP contribution < -0.4 is 14.8 Å². The largest absolute Gasteiger partial charge is 0.481 e. The van der Waals surface area contributed by atoms with Crippen molar-refractivity contribution in [1.29, 1.82) is 0 Å². The van der Waals surface area contributed by atoms with Gasteiger partial charge in [-0.05, 0) is 44.2 Å². The molecule has 2 aliphatic rings. The maximum atomic E-state index is 14.5. The number of nitrogens with one attached hydrogen (secondary N) is 1. The Labute approximate surface area is 168 Å². The average Bonchev–Trinajstić information content (AvgIpc) is 3.22. The summed E-state index contributed by atoms with van der Waals surface area (Å²) >= 11 is 0. The number of hydrogen-bond acceptors (Lipinski definition) is 5. The standard InChI is InChI=1S/C20H28F3N3O3/c1-26(19(27)16-4-3-9-24-16)11-14-10-15(21)18(25-17(14)28-2)29-12-13-5-7-20(22,23)8-6-13/h10,13,16,24H,3-9,11-12H2,1-2H3/t16-/m0/s1. The molecule has 0 unspecified atom stereocenters. The Balaban J connectivity index is 1.62. The number of pyridine rings is 1. The number of amides is 1. The number of likely N-dealkylation sites (N-methyl/N-ethyl adjacent to an activating group) is 1. The summed E-state index contributed by atoms with van der Waals surface area (Å²) in [6, 6.07) is 1.04. The van der Waals surface area contributed by atoms with Gasteiger partial charge in [-0.3, -0.25) is 4.79 Å². The van der Waals surface area contributed by atoms with E-state index in [9.17, 15) is 18.0 Å². The number of hydrogen-bond donors (Lipinski definition) is 1. The lowest BCUT2D eigenvalue weighted by Gasteiger charge is -2.28. The van der Waals surface area contributed by atoms with Gasteiger partial charge in [-0.15, -0.1) is 0 Å². The lowest BCUT2D eigenvalue weighted by atomic mass is 9.87. The molecular formula is C20H28F3N3O3. The second-order valence-electron chi connectivity index (χ2n) is 7.90. The third kappa shape index (κ3) is 5.52. The fourth-order valence-corrected chi connectivity index (χ4v) is 3.84. The van der Waals surface area contributed by atoms with E-state index in [0.29, 0.717) is 18.4 Å². The Kier molecular flexibility index (Phi) is 6.87. The number of rotatable bonds is 7. The van der Waals surface area contributed by atoms with Gasteiger partial charge in [0, 0.05) is 25.5 Å². The Hall–Kier alpha value is -2.03. The van der Waals surface area contributed by atoms with E-state index >= 15 is 0 Å². The summed E-state index contributed by atoms with van der Waals surface area (Å²) in [6.45, 7) is 1.10. The van der Waals surface area contributed by atoms with Gasteiger partial charge in [0.05, 0.1) is 26.3 Å². The van der Waals surface area contributed by atoms with Crippen molar-refractivity contribution >= 4 is 5.91 Å². The predicted molar refractivity (Wildman–Crippen MR) is 101 cm³/mol. The SMILES string of the molecule is COc1nc(OCC2CCC(F)(F)CC2)c(F)cc1CN(C)C(=O)[C@@H]1CCCN1. The van der Waals surface area contributed by atoms with Crippen molar-refractivity contribution in [2.24, 2.45) is 5.92 Å². The molecule has 1 aromatic rings. The lowest BCUT2D eigenvalue weighted by molar-refractivity contribution is -0.132. The highest BCUT2D eigenvalue weighted by atomic mass is 19.3. The molecule has 0 spiro atoms. The molecule has 6 nitrogen and oxygen atoms in total. The lowest BCUT2D eigenvalue weighted by Crippen LogP contribution is -2.41. The van der Waals surface area contributed by atoms with Crippen LogP contribution in [0.15, 0.2) is 6.07 Å². The number of halogens is 3. The Morgan fingerprint density at radius 1 is 1.31 bits per heavy atom. The molecule has 0 aromatic carbocycles. The molecule has 2 fully saturated rings. The predicted octanol–water partition coefficient (Wildman–Crippen LogP) is 3.14. The van der Waals surface area contributed by atoms with Crippen molar-refractivity contribution in [2.75, 3.05) is 27.3 Å². The number of methoxy groups -OCH3 is 1. The van der Waals surface area contributed by atoms with Crippen LogP contribution in [-0.4, -0.2) is 55.1 Å². The van der Waals surface area contributed by atoms with Gasteiger partial charge in [0.15, 0.2) is 5.82 Å². The number of carbonyl (C=O) groups excluding carboxylic acids is 1. The molecule has 2 heterocycles. The van der Waals surface area contributed by atoms with Gasteiger partial charge in [-0.1, -0.05) is 0 Å². The van der Waals surface area contributed by atoms with E-state index in [1.807, 2.05) is 0 Å². The van der Waals surface area contributed by atoms with Crippen LogP contribution in [-0.2, 0) is 11.3 Å². The molecule has 1 saturated carbocycles. The van der Waals surface area contributed by atoms with Crippen LogP contribution in [0.1, 0.15) is 44.1 Å². The van der Waals surface area contributed by atoms with Crippen molar-refractivity contribution in [3.8, 4) is 11.8 Å². The zero-order chi connectivity index (χ0) is 21.0. The van der Waals surface area contributed by atoms with Gasteiger partial charge in [0.2, 0.25) is 17.7 Å². The maximum Gasteiger partial charge on any atom is 0.253 e. The molecule has 162 valence electrons. The number of alkyl halides is 2. The van der Waals surface area contributed by atoms with E-state index in [0.717, 1.165) is 19.4 Å². The molecule has 1 amide bonds. The van der Waals surface area contributed by atoms with Crippen molar-refractivity contribution in [1.82, 2.24) is 15.2 Å². The number of ether oxygens (including phenoxy) is 2. The molecule has 1 aliphatic carbocycles. The summed E-state index contributed by atoms with van der Waals surface area (Å²) < 4.78 is 51.7. The van der Waals surface area contributed by atoms with Gasteiger partial charge in [-0.2, -0.15) is 4.98 Å². The van der Waals surface area contributed by atoms with E-state index < -0.39 is 11.7 Å². The van der Waals surface area contributed by atoms with Crippen molar-refractivity contribution in [3.05, 3.63) is 17.4 Å². The highest BCUT2D eigenvalue weighted by Crippen LogP contribution is 2.36. The van der Waals surface area contributed by atoms with Crippen LogP contribution in [0.5, 0.6) is 11.8 Å². The molecule has 29 heavy (non-hydrogen) atoms. The monoisotopic (exact) mass is 415 g/mol. The minimum absolute atomic E-state index is 0.0517. The fourth-order valence-electron chi connectivity index (χ4n) is 3.84. The van der Waals surface area contributed by atoms with Gasteiger partial charge in [0.25, 0.3) is 5.88 Å². The zero-order valence-electron chi connectivity index (χ0n) is 16.8. The number of aromatic nitrogens is 1. The summed E-state index contributed by atoms with van der Waals surface area (Å²) in [5.74, 6) is -3.42. The molecule has 1 aliphatic heterocycles. The van der Waals surface area contributed by atoms with Crippen LogP contribution in [0.2, 0.25) is 0 Å². The summed E-state index contributed by atoms with van der Waals surface area (Å²) in [7, 11) is 3.07. The molecule has 1 saturated heterocycles. The summed E-state index contributed by atoms with van der Waals surface area (Å²) in [4.78, 5) is 18.1. The van der Waals surface area contributed by atoms with Crippen LogP contribution in [0, 0.1) is 11.7 Å². The molecule has 0 radical (unpaired) electrons. The minimum atomic E-state index is -2.61. The van der Waals surface area contributed by atoms with Gasteiger partial charge in [-0.25, -0.2) is 13.2 Å². The Morgan fingerprint density at radius 3 is 2.66 bits per heavy atom. The number of carbonyl (C=O) groups is 1. The highest BCUT2D eigenvalue weighted by molar-refractivity contribution is 5.82. The van der Waals surface area contributed by atoms with Gasteiger partial charge in [0.1, 0.15) is 0 Å². The van der Waals surface area contributed by atoms with Crippen molar-refractivity contribution < 1.29 is 27.4 Å². The van der Waals surface area contributed by atoms with E-state index in [1.165, 1.54) is 18.1 Å². The van der Waals surface area contributed by atoms with E-state index in [2.05, 4.69) is 10.3 Å². The summed E-state index contributed by atoms with van der Waals surface area (Å²) in [5.41, 5.74) is 0.434. The maximum absolute atomic E-state index is 14.5. The van der Waals surface area contributed by atoms with E-state index in [1.54, 1.807) is 7.05 Å². The third-order valence-corrected chi connectivity index (χ3v) is 5.61. The number of nitrogens with zero attached hydrogens (tertiary/aromatic N) is 2. The second kappa shape index (κ2) is 9.19. The third-order valence-electron chi connectivity index (χ3n) is 5.61. The molecule has 1 aromatic heterocycles. The van der Waals surface area contributed by atoms with Gasteiger partial charge >= 0.3 is 0 Å². The molecule has 3 rings (SSSR count). The zero-order valence-corrected chi connectivity index (χ0v) is 16.8. The van der Waals surface area contributed by atoms with Crippen LogP contribution in [0.3, 0.4) is 0 Å². The Morgan fingerprint density at radius 2 is 2.03 bits per heavy atom. The second-order valence-corrected chi connectivity index (χ2v) is 7.90. The first-order valence-corrected chi connectivity index (χ1v) is 10.0. The quantitative estimate of drug-likeness (QED) is 0.741. The van der Waals surface area contributed by atoms with Gasteiger partial charge < -0.3 is 19.7 Å². The molecule has 1 N–H and O–H groups in total. The molecule has 1 atom stereocenters. The summed E-state index contributed by atoms with van der Waals surface area (Å²) in [6.07, 6.45) is 2.07. The van der Waals surface area contributed by atoms with E-state index in [-0.39, 0.29) is 55.6 Å². The molecule has 9 heteroatoms. The Bertz CT molecular complexity index is 716. The van der Waals surface area contributed by atoms with Crippen LogP contribution in [0.4, 0.5) is 13.2 Å². The van der Waals surface area contributed by atoms with E-state index in [4.69, 9.17) is 9.47 Å². The van der Waals surface area contributed by atoms with Crippen molar-refractivity contribution in [2.45, 2.75) is 57.0 Å². The molecular weight excluding hydrogens is 387 g/mol. The average molecular weight is 415 g/mol. The normalized spacial score (nSPS) is 21.8. The first-order valence-electron chi connectivity index (χ1n) is 10.0. The summed E-state index contributed by atoms with van der Waals surface area (Å²) in [5, 5.41) is 3.15. The van der Waals surface area contributed by atoms with Crippen LogP contribution >= 0.6 is 0 Å². The highest BCUT2D eigenvalue weighted by Gasteiger charge is 2.35. The first kappa shape index (κ1) is 21.7. The van der Waals surface area contributed by atoms with Crippen molar-refractivity contribution in [3.63, 3.8) is 0 Å². The minimum Gasteiger partial charge on any atom is -0.481 e. The topological polar surface area (TPSA) is 63.7 Å². The fraction of sp³-hybridized carbons (Fsp3) is 0.700.